The van der Waals surface area contributed by atoms with E-state index in [1.165, 1.54) is 4.90 Å². The average Bonchev–Trinajstić information content (AvgIpc) is 2.92. The maximum atomic E-state index is 12.7. The summed E-state index contributed by atoms with van der Waals surface area (Å²) in [6.45, 7) is 0.534. The maximum absolute atomic E-state index is 12.7. The minimum Gasteiger partial charge on any atom is -0.463 e. The summed E-state index contributed by atoms with van der Waals surface area (Å²) >= 11 is 0. The summed E-state index contributed by atoms with van der Waals surface area (Å²) in [5, 5.41) is 0. The second-order valence-corrected chi connectivity index (χ2v) is 6.06. The van der Waals surface area contributed by atoms with Crippen LogP contribution in [0.25, 0.3) is 0 Å². The van der Waals surface area contributed by atoms with Gasteiger partial charge in [-0.1, -0.05) is 6.42 Å². The molecular formula is C14H21F3N2O3. The number of primary amides is 1. The second kappa shape index (κ2) is 6.75. The first kappa shape index (κ1) is 16.9. The molecule has 2 fully saturated rings. The molecule has 0 spiro atoms. The maximum Gasteiger partial charge on any atom is 0.391 e. The van der Waals surface area contributed by atoms with Crippen molar-refractivity contribution >= 4 is 12.0 Å². The van der Waals surface area contributed by atoms with E-state index in [4.69, 9.17) is 10.5 Å². The number of likely N-dealkylation sites (tertiary alicyclic amines) is 1. The Morgan fingerprint density at radius 2 is 1.91 bits per heavy atom. The Bertz CT molecular complexity index is 428. The summed E-state index contributed by atoms with van der Waals surface area (Å²) in [7, 11) is 0. The van der Waals surface area contributed by atoms with E-state index in [9.17, 15) is 22.8 Å². The molecule has 2 amide bonds. The van der Waals surface area contributed by atoms with Gasteiger partial charge in [-0.15, -0.1) is 0 Å². The number of ether oxygens (including phenoxy) is 1. The van der Waals surface area contributed by atoms with Gasteiger partial charge in [-0.3, -0.25) is 4.79 Å². The Kier molecular flexibility index (Phi) is 5.18. The number of carbonyl (C=O) groups excluding carboxylic acids is 2. The molecule has 0 aromatic rings. The van der Waals surface area contributed by atoms with Crippen molar-refractivity contribution in [3.63, 3.8) is 0 Å². The molecule has 8 heteroatoms. The van der Waals surface area contributed by atoms with Crippen molar-refractivity contribution in [1.82, 2.24) is 4.90 Å². The molecule has 0 bridgehead atoms. The lowest BCUT2D eigenvalue weighted by Crippen LogP contribution is -2.42. The van der Waals surface area contributed by atoms with Gasteiger partial charge in [0.15, 0.2) is 0 Å². The fraction of sp³-hybridized carbons (Fsp3) is 0.857. The number of esters is 1. The van der Waals surface area contributed by atoms with Crippen molar-refractivity contribution in [2.24, 2.45) is 17.6 Å². The van der Waals surface area contributed by atoms with Crippen LogP contribution in [0.5, 0.6) is 0 Å². The Balaban J connectivity index is 1.83. The topological polar surface area (TPSA) is 72.6 Å². The number of amides is 2. The largest absolute Gasteiger partial charge is 0.463 e. The van der Waals surface area contributed by atoms with E-state index in [1.54, 1.807) is 0 Å². The first-order valence-electron chi connectivity index (χ1n) is 7.58. The van der Waals surface area contributed by atoms with Gasteiger partial charge in [0.1, 0.15) is 6.61 Å². The molecule has 22 heavy (non-hydrogen) atoms. The number of alkyl halides is 3. The lowest BCUT2D eigenvalue weighted by atomic mass is 9.81. The Morgan fingerprint density at radius 3 is 2.55 bits per heavy atom. The van der Waals surface area contributed by atoms with Gasteiger partial charge < -0.3 is 15.4 Å². The highest BCUT2D eigenvalue weighted by Crippen LogP contribution is 2.40. The number of halogens is 3. The summed E-state index contributed by atoms with van der Waals surface area (Å²) in [4.78, 5) is 24.6. The molecule has 1 heterocycles. The molecule has 0 radical (unpaired) electrons. The van der Waals surface area contributed by atoms with Crippen LogP contribution >= 0.6 is 0 Å². The molecule has 0 unspecified atom stereocenters. The molecule has 3 atom stereocenters. The zero-order valence-corrected chi connectivity index (χ0v) is 12.3. The first-order valence-corrected chi connectivity index (χ1v) is 7.58. The quantitative estimate of drug-likeness (QED) is 0.811. The van der Waals surface area contributed by atoms with Crippen molar-refractivity contribution in [3.8, 4) is 0 Å². The van der Waals surface area contributed by atoms with E-state index in [0.29, 0.717) is 25.8 Å². The summed E-state index contributed by atoms with van der Waals surface area (Å²) in [6.07, 6.45) is -2.11. The van der Waals surface area contributed by atoms with Gasteiger partial charge in [-0.05, 0) is 32.1 Å². The third-order valence-electron chi connectivity index (χ3n) is 4.55. The molecule has 126 valence electrons. The molecule has 2 rings (SSSR count). The molecule has 1 saturated heterocycles. The average molecular weight is 322 g/mol. The third kappa shape index (κ3) is 4.04. The molecule has 0 aromatic carbocycles. The molecule has 5 nitrogen and oxygen atoms in total. The number of hydrogen-bond acceptors (Lipinski definition) is 3. The zero-order chi connectivity index (χ0) is 16.3. The SMILES string of the molecule is NC(=O)N1CCC[C@@H]1COC(=O)[C@@H]1CCC[C@@H](C(F)(F)F)C1. The lowest BCUT2D eigenvalue weighted by Gasteiger charge is -2.30. The van der Waals surface area contributed by atoms with E-state index in [0.717, 1.165) is 6.42 Å². The number of hydrogen-bond donors (Lipinski definition) is 1. The van der Waals surface area contributed by atoms with Crippen molar-refractivity contribution < 1.29 is 27.5 Å². The fourth-order valence-electron chi connectivity index (χ4n) is 3.30. The van der Waals surface area contributed by atoms with Crippen LogP contribution in [0.3, 0.4) is 0 Å². The van der Waals surface area contributed by atoms with Gasteiger partial charge >= 0.3 is 18.2 Å². The zero-order valence-electron chi connectivity index (χ0n) is 12.3. The van der Waals surface area contributed by atoms with E-state index in [-0.39, 0.29) is 25.5 Å². The molecule has 1 aliphatic carbocycles. The standard InChI is InChI=1S/C14H21F3N2O3/c15-14(16,17)10-4-1-3-9(7-10)12(20)22-8-11-5-2-6-19(11)13(18)21/h9-11H,1-8H2,(H2,18,21)/t9-,10-,11-/m1/s1. The van der Waals surface area contributed by atoms with Gasteiger partial charge in [0.2, 0.25) is 0 Å². The summed E-state index contributed by atoms with van der Waals surface area (Å²) in [5.74, 6) is -2.72. The van der Waals surface area contributed by atoms with E-state index in [1.807, 2.05) is 0 Å². The number of carbonyl (C=O) groups is 2. The minimum absolute atomic E-state index is 0.00889. The highest BCUT2D eigenvalue weighted by atomic mass is 19.4. The van der Waals surface area contributed by atoms with Crippen LogP contribution in [0.2, 0.25) is 0 Å². The Morgan fingerprint density at radius 1 is 1.18 bits per heavy atom. The Labute approximate surface area is 127 Å². The molecule has 0 aromatic heterocycles. The van der Waals surface area contributed by atoms with Gasteiger partial charge in [-0.2, -0.15) is 13.2 Å². The highest BCUT2D eigenvalue weighted by molar-refractivity contribution is 5.73. The minimum atomic E-state index is -4.26. The van der Waals surface area contributed by atoms with Gasteiger partial charge in [0.25, 0.3) is 0 Å². The molecular weight excluding hydrogens is 301 g/mol. The van der Waals surface area contributed by atoms with E-state index >= 15 is 0 Å². The van der Waals surface area contributed by atoms with Crippen LogP contribution < -0.4 is 5.73 Å². The second-order valence-electron chi connectivity index (χ2n) is 6.06. The van der Waals surface area contributed by atoms with Crippen LogP contribution in [-0.4, -0.2) is 42.3 Å². The number of urea groups is 1. The van der Waals surface area contributed by atoms with Gasteiger partial charge in [-0.25, -0.2) is 4.79 Å². The summed E-state index contributed by atoms with van der Waals surface area (Å²) < 4.78 is 43.4. The summed E-state index contributed by atoms with van der Waals surface area (Å²) in [5.41, 5.74) is 5.22. The summed E-state index contributed by atoms with van der Waals surface area (Å²) in [6, 6.07) is -0.822. The van der Waals surface area contributed by atoms with Crippen LogP contribution in [0, 0.1) is 11.8 Å². The number of nitrogens with two attached hydrogens (primary N) is 1. The molecule has 2 N–H and O–H groups in total. The lowest BCUT2D eigenvalue weighted by molar-refractivity contribution is -0.189. The van der Waals surface area contributed by atoms with Crippen molar-refractivity contribution in [1.29, 1.82) is 0 Å². The Hall–Kier alpha value is -1.47. The van der Waals surface area contributed by atoms with Gasteiger partial charge in [0, 0.05) is 6.54 Å². The first-order chi connectivity index (χ1) is 10.3. The normalized spacial score (nSPS) is 29.4. The molecule has 1 saturated carbocycles. The smallest absolute Gasteiger partial charge is 0.391 e. The molecule has 2 aliphatic rings. The van der Waals surface area contributed by atoms with Crippen LogP contribution in [0.4, 0.5) is 18.0 Å². The monoisotopic (exact) mass is 322 g/mol. The predicted molar refractivity (Wildman–Crippen MR) is 71.8 cm³/mol. The highest BCUT2D eigenvalue weighted by Gasteiger charge is 2.44. The van der Waals surface area contributed by atoms with Gasteiger partial charge in [0.05, 0.1) is 17.9 Å². The van der Waals surface area contributed by atoms with E-state index in [2.05, 4.69) is 0 Å². The predicted octanol–water partition coefficient (Wildman–Crippen LogP) is 2.44. The fourth-order valence-corrected chi connectivity index (χ4v) is 3.30. The third-order valence-corrected chi connectivity index (χ3v) is 4.55. The van der Waals surface area contributed by atoms with Crippen molar-refractivity contribution in [2.75, 3.05) is 13.2 Å². The van der Waals surface area contributed by atoms with Crippen LogP contribution in [-0.2, 0) is 9.53 Å². The number of rotatable bonds is 3. The van der Waals surface area contributed by atoms with E-state index < -0.39 is 30.0 Å². The van der Waals surface area contributed by atoms with Crippen molar-refractivity contribution in [3.05, 3.63) is 0 Å². The number of nitrogens with zero attached hydrogens (tertiary/aromatic N) is 1. The van der Waals surface area contributed by atoms with Crippen LogP contribution in [0.1, 0.15) is 38.5 Å². The van der Waals surface area contributed by atoms with Crippen molar-refractivity contribution in [2.45, 2.75) is 50.7 Å². The van der Waals surface area contributed by atoms with Crippen LogP contribution in [0.15, 0.2) is 0 Å². The molecule has 1 aliphatic heterocycles.